The lowest BCUT2D eigenvalue weighted by molar-refractivity contribution is 1.08. The third-order valence-electron chi connectivity index (χ3n) is 0.594. The Morgan fingerprint density at radius 3 is 1.75 bits per heavy atom. The van der Waals surface area contributed by atoms with Crippen LogP contribution in [0.2, 0.25) is 6.04 Å². The van der Waals surface area contributed by atoms with Crippen LogP contribution in [0.1, 0.15) is 6.42 Å². The Morgan fingerprint density at radius 1 is 1.12 bits per heavy atom. The Kier molecular flexibility index (Phi) is 4.96. The van der Waals surface area contributed by atoms with Gasteiger partial charge in [-0.2, -0.15) is 0 Å². The first-order chi connectivity index (χ1) is 3.56. The molecule has 50 valence electrons. The summed E-state index contributed by atoms with van der Waals surface area (Å²) >= 11 is 21.9. The van der Waals surface area contributed by atoms with Crippen molar-refractivity contribution in [1.82, 2.24) is 0 Å². The molecule has 0 N–H and O–H groups in total. The van der Waals surface area contributed by atoms with E-state index in [9.17, 15) is 0 Å². The van der Waals surface area contributed by atoms with Crippen molar-refractivity contribution in [1.29, 1.82) is 0 Å². The maximum absolute atomic E-state index is 5.52. The van der Waals surface area contributed by atoms with Crippen molar-refractivity contribution < 1.29 is 0 Å². The van der Waals surface area contributed by atoms with Gasteiger partial charge in [-0.1, -0.05) is 0 Å². The summed E-state index contributed by atoms with van der Waals surface area (Å²) in [6.45, 7) is 0. The van der Waals surface area contributed by atoms with Gasteiger partial charge in [-0.25, -0.2) is 0 Å². The predicted molar refractivity (Wildman–Crippen MR) is 43.5 cm³/mol. The zero-order valence-electron chi connectivity index (χ0n) is 4.13. The molecule has 0 saturated heterocycles. The van der Waals surface area contributed by atoms with Gasteiger partial charge >= 0.3 is 6.00 Å². The molecule has 0 radical (unpaired) electrons. The van der Waals surface area contributed by atoms with Crippen LogP contribution >= 0.6 is 44.8 Å². The van der Waals surface area contributed by atoms with Gasteiger partial charge < -0.3 is 0 Å². The topological polar surface area (TPSA) is 0 Å². The largest absolute Gasteiger partial charge is 0.341 e. The molecule has 0 fully saturated rings. The van der Waals surface area contributed by atoms with Gasteiger partial charge in [-0.05, 0) is 12.5 Å². The SMILES string of the molecule is ClCCC[Si](Cl)(Cl)Cl. The van der Waals surface area contributed by atoms with Gasteiger partial charge in [-0.3, -0.25) is 0 Å². The van der Waals surface area contributed by atoms with Crippen LogP contribution in [0, 0.1) is 0 Å². The zero-order chi connectivity index (χ0) is 6.62. The molecular formula is C3H6Cl4Si. The Morgan fingerprint density at radius 2 is 1.62 bits per heavy atom. The molecule has 0 spiro atoms. The van der Waals surface area contributed by atoms with E-state index >= 15 is 0 Å². The lowest BCUT2D eigenvalue weighted by Gasteiger charge is -2.03. The summed E-state index contributed by atoms with van der Waals surface area (Å²) < 4.78 is 0. The Bertz CT molecular complexity index is 58.8. The molecule has 0 aliphatic rings. The van der Waals surface area contributed by atoms with Crippen molar-refractivity contribution in [3.8, 4) is 0 Å². The average Bonchev–Trinajstić information content (AvgIpc) is 1.59. The Hall–Kier alpha value is 1.38. The third kappa shape index (κ3) is 7.38. The highest BCUT2D eigenvalue weighted by Gasteiger charge is 2.23. The van der Waals surface area contributed by atoms with Gasteiger partial charge in [0, 0.05) is 5.88 Å². The van der Waals surface area contributed by atoms with E-state index in [2.05, 4.69) is 0 Å². The molecule has 0 heterocycles. The second-order valence-electron chi connectivity index (χ2n) is 1.41. The fraction of sp³-hybridized carbons (Fsp3) is 1.00. The van der Waals surface area contributed by atoms with Crippen LogP contribution in [-0.4, -0.2) is 11.9 Å². The van der Waals surface area contributed by atoms with E-state index in [-0.39, 0.29) is 0 Å². The maximum Gasteiger partial charge on any atom is 0.341 e. The molecular weight excluding hydrogens is 206 g/mol. The summed E-state index contributed by atoms with van der Waals surface area (Å²) in [5.41, 5.74) is 0. The summed E-state index contributed by atoms with van der Waals surface area (Å²) in [5, 5.41) is 0. The lowest BCUT2D eigenvalue weighted by Crippen LogP contribution is -2.07. The normalized spacial score (nSPS) is 12.0. The molecule has 0 bridgehead atoms. The van der Waals surface area contributed by atoms with Gasteiger partial charge in [0.25, 0.3) is 0 Å². The first kappa shape index (κ1) is 9.38. The molecule has 8 heavy (non-hydrogen) atoms. The Labute approximate surface area is 69.2 Å². The molecule has 0 rings (SSSR count). The molecule has 0 aliphatic carbocycles. The second kappa shape index (κ2) is 4.23. The van der Waals surface area contributed by atoms with Gasteiger partial charge in [0.1, 0.15) is 0 Å². The third-order valence-corrected chi connectivity index (χ3v) is 3.48. The minimum absolute atomic E-state index is 0.584. The molecule has 0 amide bonds. The molecule has 0 unspecified atom stereocenters. The fourth-order valence-electron chi connectivity index (χ4n) is 0.267. The van der Waals surface area contributed by atoms with Crippen LogP contribution in [0.25, 0.3) is 0 Å². The van der Waals surface area contributed by atoms with Crippen molar-refractivity contribution >= 4 is 50.8 Å². The van der Waals surface area contributed by atoms with Crippen LogP contribution in [0.4, 0.5) is 0 Å². The molecule has 5 heteroatoms. The van der Waals surface area contributed by atoms with Crippen LogP contribution < -0.4 is 0 Å². The number of hydrogen-bond donors (Lipinski definition) is 0. The molecule has 0 aromatic heterocycles. The highest BCUT2D eigenvalue weighted by molar-refractivity contribution is 7.64. The highest BCUT2D eigenvalue weighted by atomic mass is 35.8. The van der Waals surface area contributed by atoms with Crippen LogP contribution in [0.5, 0.6) is 0 Å². The summed E-state index contributed by atoms with van der Waals surface area (Å²) in [7, 11) is 0. The average molecular weight is 212 g/mol. The van der Waals surface area contributed by atoms with E-state index in [0.717, 1.165) is 6.42 Å². The van der Waals surface area contributed by atoms with Crippen molar-refractivity contribution in [3.05, 3.63) is 0 Å². The van der Waals surface area contributed by atoms with Gasteiger partial charge in [0.05, 0.1) is 0 Å². The Balaban J connectivity index is 3.11. The van der Waals surface area contributed by atoms with Crippen LogP contribution in [0.3, 0.4) is 0 Å². The lowest BCUT2D eigenvalue weighted by atomic mass is 10.6. The minimum Gasteiger partial charge on any atom is -0.127 e. The molecule has 0 aromatic carbocycles. The first-order valence-corrected chi connectivity index (χ1v) is 7.96. The van der Waals surface area contributed by atoms with Crippen LogP contribution in [0.15, 0.2) is 0 Å². The maximum atomic E-state index is 5.52. The van der Waals surface area contributed by atoms with Gasteiger partial charge in [0.15, 0.2) is 0 Å². The van der Waals surface area contributed by atoms with E-state index in [0.29, 0.717) is 11.9 Å². The van der Waals surface area contributed by atoms with E-state index < -0.39 is 6.00 Å². The van der Waals surface area contributed by atoms with Crippen molar-refractivity contribution in [3.63, 3.8) is 0 Å². The smallest absolute Gasteiger partial charge is 0.127 e. The molecule has 0 nitrogen and oxygen atoms in total. The van der Waals surface area contributed by atoms with E-state index in [4.69, 9.17) is 44.8 Å². The summed E-state index contributed by atoms with van der Waals surface area (Å²) in [4.78, 5) is 0. The quantitative estimate of drug-likeness (QED) is 0.382. The van der Waals surface area contributed by atoms with E-state index in [1.54, 1.807) is 0 Å². The number of rotatable bonds is 3. The highest BCUT2D eigenvalue weighted by Crippen LogP contribution is 2.26. The molecule has 0 aromatic rings. The first-order valence-electron chi connectivity index (χ1n) is 2.19. The standard InChI is InChI=1S/C3H6Cl4Si/c4-2-1-3-8(5,6)7/h1-3H2. The summed E-state index contributed by atoms with van der Waals surface area (Å²) in [6.07, 6.45) is 0.810. The zero-order valence-corrected chi connectivity index (χ0v) is 8.16. The molecule has 0 saturated carbocycles. The monoisotopic (exact) mass is 210 g/mol. The molecule has 0 aliphatic heterocycles. The van der Waals surface area contributed by atoms with Crippen LogP contribution in [-0.2, 0) is 0 Å². The van der Waals surface area contributed by atoms with E-state index in [1.165, 1.54) is 0 Å². The summed E-state index contributed by atoms with van der Waals surface area (Å²) in [6, 6.07) is -1.68. The van der Waals surface area contributed by atoms with Gasteiger partial charge in [-0.15, -0.1) is 44.8 Å². The number of alkyl halides is 1. The predicted octanol–water partition coefficient (Wildman–Crippen LogP) is 3.27. The van der Waals surface area contributed by atoms with Crippen molar-refractivity contribution in [2.24, 2.45) is 0 Å². The van der Waals surface area contributed by atoms with Gasteiger partial charge in [0.2, 0.25) is 0 Å². The number of halogens is 4. The van der Waals surface area contributed by atoms with Crippen molar-refractivity contribution in [2.45, 2.75) is 12.5 Å². The molecule has 0 atom stereocenters. The summed E-state index contributed by atoms with van der Waals surface area (Å²) in [5.74, 6) is 0.584. The number of hydrogen-bond acceptors (Lipinski definition) is 0. The second-order valence-corrected chi connectivity index (χ2v) is 11.1. The minimum atomic E-state index is -2.35. The van der Waals surface area contributed by atoms with E-state index in [1.807, 2.05) is 0 Å². The fourth-order valence-corrected chi connectivity index (χ4v) is 2.41. The van der Waals surface area contributed by atoms with Crippen molar-refractivity contribution in [2.75, 3.05) is 5.88 Å².